The Balaban J connectivity index is 2.79. The van der Waals surface area contributed by atoms with Gasteiger partial charge >= 0.3 is 5.97 Å². The molecule has 0 N–H and O–H groups in total. The summed E-state index contributed by atoms with van der Waals surface area (Å²) >= 11 is 0. The van der Waals surface area contributed by atoms with Gasteiger partial charge in [-0.1, -0.05) is 6.92 Å². The quantitative estimate of drug-likeness (QED) is 0.648. The van der Waals surface area contributed by atoms with Crippen molar-refractivity contribution < 1.29 is 13.9 Å². The smallest absolute Gasteiger partial charge is 0.341 e. The summed E-state index contributed by atoms with van der Waals surface area (Å²) in [5, 5.41) is 0. The number of hydrogen-bond donors (Lipinski definition) is 0. The highest BCUT2D eigenvalue weighted by molar-refractivity contribution is 5.90. The molecule has 12 heavy (non-hydrogen) atoms. The lowest BCUT2D eigenvalue weighted by Crippen LogP contribution is -2.05. The van der Waals surface area contributed by atoms with Gasteiger partial charge in [-0.25, -0.2) is 4.79 Å². The average molecular weight is 168 g/mol. The molecule has 0 spiro atoms. The molecule has 0 radical (unpaired) electrons. The second-order valence-corrected chi connectivity index (χ2v) is 2.38. The van der Waals surface area contributed by atoms with Crippen LogP contribution in [0.1, 0.15) is 29.8 Å². The highest BCUT2D eigenvalue weighted by Crippen LogP contribution is 2.12. The van der Waals surface area contributed by atoms with E-state index >= 15 is 0 Å². The average Bonchev–Trinajstić information content (AvgIpc) is 2.51. The Morgan fingerprint density at radius 3 is 2.83 bits per heavy atom. The van der Waals surface area contributed by atoms with Crippen LogP contribution in [0.2, 0.25) is 0 Å². The van der Waals surface area contributed by atoms with E-state index < -0.39 is 0 Å². The predicted octanol–water partition coefficient (Wildman–Crippen LogP) is 2.02. The second-order valence-electron chi connectivity index (χ2n) is 2.38. The van der Waals surface area contributed by atoms with E-state index in [1.165, 1.54) is 6.26 Å². The lowest BCUT2D eigenvalue weighted by molar-refractivity contribution is 0.0524. The normalized spacial score (nSPS) is 9.83. The second kappa shape index (κ2) is 3.95. The molecule has 3 heteroatoms. The van der Waals surface area contributed by atoms with Gasteiger partial charge in [0.05, 0.1) is 12.9 Å². The van der Waals surface area contributed by atoms with E-state index in [2.05, 4.69) is 0 Å². The number of aryl methyl sites for hydroxylation is 1. The first-order valence-electron chi connectivity index (χ1n) is 4.01. The summed E-state index contributed by atoms with van der Waals surface area (Å²) in [6.07, 6.45) is 3.79. The lowest BCUT2D eigenvalue weighted by atomic mass is 10.1. The van der Waals surface area contributed by atoms with Gasteiger partial charge in [-0.3, -0.25) is 0 Å². The van der Waals surface area contributed by atoms with Crippen LogP contribution in [0.4, 0.5) is 0 Å². The van der Waals surface area contributed by atoms with E-state index in [1.807, 2.05) is 6.92 Å². The maximum atomic E-state index is 11.2. The molecule has 1 aromatic heterocycles. The van der Waals surface area contributed by atoms with E-state index in [9.17, 15) is 4.79 Å². The third-order valence-electron chi connectivity index (χ3n) is 1.62. The van der Waals surface area contributed by atoms with Crippen LogP contribution in [0.3, 0.4) is 0 Å². The summed E-state index contributed by atoms with van der Waals surface area (Å²) in [7, 11) is 0. The molecule has 66 valence electrons. The zero-order valence-corrected chi connectivity index (χ0v) is 7.29. The minimum Gasteiger partial charge on any atom is -0.471 e. The van der Waals surface area contributed by atoms with E-state index in [0.717, 1.165) is 12.0 Å². The van der Waals surface area contributed by atoms with Crippen molar-refractivity contribution in [1.82, 2.24) is 0 Å². The van der Waals surface area contributed by atoms with Gasteiger partial charge in [0.25, 0.3) is 0 Å². The Labute approximate surface area is 71.3 Å². The number of esters is 1. The lowest BCUT2D eigenvalue weighted by Gasteiger charge is -1.99. The highest BCUT2D eigenvalue weighted by Gasteiger charge is 2.12. The van der Waals surface area contributed by atoms with E-state index in [4.69, 9.17) is 9.15 Å². The van der Waals surface area contributed by atoms with Crippen molar-refractivity contribution in [3.63, 3.8) is 0 Å². The fourth-order valence-electron chi connectivity index (χ4n) is 0.985. The minimum absolute atomic E-state index is 0.303. The molecule has 0 saturated heterocycles. The van der Waals surface area contributed by atoms with E-state index in [-0.39, 0.29) is 5.97 Å². The van der Waals surface area contributed by atoms with E-state index in [1.54, 1.807) is 13.2 Å². The minimum atomic E-state index is -0.303. The molecule has 0 aromatic carbocycles. The number of rotatable bonds is 3. The first-order valence-corrected chi connectivity index (χ1v) is 4.01. The molecule has 0 unspecified atom stereocenters. The SMILES string of the molecule is CCOC(=O)c1cocc1CC. The number of hydrogen-bond acceptors (Lipinski definition) is 3. The largest absolute Gasteiger partial charge is 0.471 e. The van der Waals surface area contributed by atoms with Gasteiger partial charge in [0.1, 0.15) is 11.8 Å². The Morgan fingerprint density at radius 2 is 2.25 bits per heavy atom. The molecule has 0 aliphatic rings. The Hall–Kier alpha value is -1.25. The van der Waals surface area contributed by atoms with E-state index in [0.29, 0.717) is 12.2 Å². The first kappa shape index (κ1) is 8.84. The van der Waals surface area contributed by atoms with Gasteiger partial charge in [0.15, 0.2) is 0 Å². The summed E-state index contributed by atoms with van der Waals surface area (Å²) in [5.74, 6) is -0.303. The fraction of sp³-hybridized carbons (Fsp3) is 0.444. The summed E-state index contributed by atoms with van der Waals surface area (Å²) in [5.41, 5.74) is 1.44. The number of furan rings is 1. The van der Waals surface area contributed by atoms with Gasteiger partial charge in [0.2, 0.25) is 0 Å². The molecule has 0 bridgehead atoms. The first-order chi connectivity index (χ1) is 5.79. The summed E-state index contributed by atoms with van der Waals surface area (Å²) in [6.45, 7) is 4.14. The third-order valence-corrected chi connectivity index (χ3v) is 1.62. The Morgan fingerprint density at radius 1 is 1.50 bits per heavy atom. The van der Waals surface area contributed by atoms with Crippen molar-refractivity contribution in [3.05, 3.63) is 23.7 Å². The Bertz CT molecular complexity index is 262. The molecule has 0 amide bonds. The third kappa shape index (κ3) is 1.67. The van der Waals surface area contributed by atoms with Crippen LogP contribution < -0.4 is 0 Å². The monoisotopic (exact) mass is 168 g/mol. The van der Waals surface area contributed by atoms with Gasteiger partial charge in [0, 0.05) is 5.56 Å². The maximum absolute atomic E-state index is 11.2. The molecule has 3 nitrogen and oxygen atoms in total. The van der Waals surface area contributed by atoms with Crippen LogP contribution in [0.15, 0.2) is 16.9 Å². The molecule has 0 atom stereocenters. The van der Waals surface area contributed by atoms with Crippen LogP contribution in [0.25, 0.3) is 0 Å². The van der Waals surface area contributed by atoms with Crippen molar-refractivity contribution in [2.24, 2.45) is 0 Å². The van der Waals surface area contributed by atoms with Crippen LogP contribution in [0.5, 0.6) is 0 Å². The standard InChI is InChI=1S/C9H12O3/c1-3-7-5-11-6-8(7)9(10)12-4-2/h5-6H,3-4H2,1-2H3. The van der Waals surface area contributed by atoms with Gasteiger partial charge in [-0.2, -0.15) is 0 Å². The number of ether oxygens (including phenoxy) is 1. The molecule has 0 aliphatic heterocycles. The molecule has 0 aliphatic carbocycles. The predicted molar refractivity (Wildman–Crippen MR) is 44.0 cm³/mol. The zero-order valence-electron chi connectivity index (χ0n) is 7.29. The molecular formula is C9H12O3. The van der Waals surface area contributed by atoms with Crippen molar-refractivity contribution in [2.45, 2.75) is 20.3 Å². The van der Waals surface area contributed by atoms with Crippen molar-refractivity contribution in [1.29, 1.82) is 0 Å². The molecular weight excluding hydrogens is 156 g/mol. The summed E-state index contributed by atoms with van der Waals surface area (Å²) in [4.78, 5) is 11.2. The summed E-state index contributed by atoms with van der Waals surface area (Å²) < 4.78 is 9.73. The molecule has 0 fully saturated rings. The molecule has 1 rings (SSSR count). The zero-order chi connectivity index (χ0) is 8.97. The van der Waals surface area contributed by atoms with Crippen LogP contribution in [-0.4, -0.2) is 12.6 Å². The number of carbonyl (C=O) groups is 1. The fourth-order valence-corrected chi connectivity index (χ4v) is 0.985. The Kier molecular flexibility index (Phi) is 2.91. The van der Waals surface area contributed by atoms with Crippen molar-refractivity contribution in [2.75, 3.05) is 6.61 Å². The maximum Gasteiger partial charge on any atom is 0.341 e. The molecule has 1 aromatic rings. The number of carbonyl (C=O) groups excluding carboxylic acids is 1. The van der Waals surface area contributed by atoms with Crippen LogP contribution in [0, 0.1) is 0 Å². The van der Waals surface area contributed by atoms with Crippen LogP contribution >= 0.6 is 0 Å². The van der Waals surface area contributed by atoms with Gasteiger partial charge in [-0.05, 0) is 13.3 Å². The molecule has 1 heterocycles. The van der Waals surface area contributed by atoms with Crippen molar-refractivity contribution >= 4 is 5.97 Å². The highest BCUT2D eigenvalue weighted by atomic mass is 16.5. The van der Waals surface area contributed by atoms with Gasteiger partial charge < -0.3 is 9.15 Å². The van der Waals surface area contributed by atoms with Crippen LogP contribution in [-0.2, 0) is 11.2 Å². The summed E-state index contributed by atoms with van der Waals surface area (Å²) in [6, 6.07) is 0. The molecule has 0 saturated carbocycles. The van der Waals surface area contributed by atoms with Crippen molar-refractivity contribution in [3.8, 4) is 0 Å². The topological polar surface area (TPSA) is 39.4 Å². The van der Waals surface area contributed by atoms with Gasteiger partial charge in [-0.15, -0.1) is 0 Å².